The smallest absolute Gasteiger partial charge is 0.132 e. The first kappa shape index (κ1) is 44.6. The molecule has 17 rings (SSSR count). The highest BCUT2D eigenvalue weighted by atomic mass is 16.5. The lowest BCUT2D eigenvalue weighted by Crippen LogP contribution is -2.26. The number of rotatable bonds is 3. The third-order valence-corrected chi connectivity index (χ3v) is 18.7. The fourth-order valence-corrected chi connectivity index (χ4v) is 15.6. The minimum Gasteiger partial charge on any atom is -0.457 e. The number of benzene rings is 13. The number of ether oxygens (including phenoxy) is 2. The van der Waals surface area contributed by atoms with Gasteiger partial charge >= 0.3 is 0 Å². The van der Waals surface area contributed by atoms with Crippen LogP contribution in [0.15, 0.2) is 243 Å². The van der Waals surface area contributed by atoms with E-state index in [1.165, 1.54) is 143 Å². The van der Waals surface area contributed by atoms with Gasteiger partial charge in [-0.3, -0.25) is 0 Å². The van der Waals surface area contributed by atoms with E-state index in [9.17, 15) is 0 Å². The molecule has 1 atom stereocenters. The number of fused-ring (bicyclic) bond motifs is 21. The fraction of sp³-hybridized carbons (Fsp3) is 0.0909. The van der Waals surface area contributed by atoms with Crippen LogP contribution >= 0.6 is 0 Å². The van der Waals surface area contributed by atoms with Crippen LogP contribution in [0.5, 0.6) is 23.0 Å². The normalized spacial score (nSPS) is 16.3. The lowest BCUT2D eigenvalue weighted by Gasteiger charge is -2.36. The third-order valence-electron chi connectivity index (χ3n) is 18.7. The average molecular weight is 1010 g/mol. The van der Waals surface area contributed by atoms with Gasteiger partial charge in [0, 0.05) is 33.1 Å². The van der Waals surface area contributed by atoms with Gasteiger partial charge in [0.05, 0.1) is 5.41 Å². The maximum Gasteiger partial charge on any atom is 0.132 e. The van der Waals surface area contributed by atoms with E-state index < -0.39 is 5.41 Å². The average Bonchev–Trinajstić information content (AvgIpc) is 2.04. The Morgan fingerprint density at radius 1 is 0.228 bits per heavy atom. The van der Waals surface area contributed by atoms with Gasteiger partial charge in [-0.15, -0.1) is 0 Å². The highest BCUT2D eigenvalue weighted by Crippen LogP contribution is 2.67. The molecule has 2 heteroatoms. The van der Waals surface area contributed by atoms with E-state index in [4.69, 9.17) is 9.47 Å². The summed E-state index contributed by atoms with van der Waals surface area (Å²) in [6.07, 6.45) is 0. The van der Waals surface area contributed by atoms with Crippen LogP contribution < -0.4 is 9.47 Å². The van der Waals surface area contributed by atoms with Crippen LogP contribution in [0.1, 0.15) is 72.2 Å². The van der Waals surface area contributed by atoms with Crippen LogP contribution in [0.2, 0.25) is 0 Å². The van der Waals surface area contributed by atoms with Crippen LogP contribution in [0.3, 0.4) is 0 Å². The predicted octanol–water partition coefficient (Wildman–Crippen LogP) is 20.5. The molecule has 13 aromatic rings. The van der Waals surface area contributed by atoms with Crippen LogP contribution in [-0.2, 0) is 16.2 Å². The Morgan fingerprint density at radius 2 is 0.582 bits per heavy atom. The summed E-state index contributed by atoms with van der Waals surface area (Å²) in [4.78, 5) is 0. The van der Waals surface area contributed by atoms with Crippen LogP contribution in [0.4, 0.5) is 0 Å². The van der Waals surface area contributed by atoms with Gasteiger partial charge in [0.25, 0.3) is 0 Å². The summed E-state index contributed by atoms with van der Waals surface area (Å²) in [6, 6.07) is 90.9. The molecule has 2 aliphatic carbocycles. The van der Waals surface area contributed by atoms with Crippen molar-refractivity contribution < 1.29 is 9.47 Å². The predicted molar refractivity (Wildman–Crippen MR) is 326 cm³/mol. The Labute approximate surface area is 459 Å². The molecule has 13 aromatic carbocycles. The molecule has 0 fully saturated rings. The van der Waals surface area contributed by atoms with E-state index >= 15 is 0 Å². The van der Waals surface area contributed by atoms with Gasteiger partial charge in [0.2, 0.25) is 0 Å². The zero-order chi connectivity index (χ0) is 52.5. The summed E-state index contributed by atoms with van der Waals surface area (Å²) >= 11 is 0. The summed E-state index contributed by atoms with van der Waals surface area (Å²) in [7, 11) is 0. The Balaban J connectivity index is 1.01. The van der Waals surface area contributed by atoms with Crippen molar-refractivity contribution in [3.8, 4) is 78.6 Å². The topological polar surface area (TPSA) is 18.5 Å². The van der Waals surface area contributed by atoms with Crippen LogP contribution in [-0.4, -0.2) is 0 Å². The standard InChI is InChI=1S/C77H52O2/c1-75(2)62-37-13-15-40-65(62)78-67-42-20-32-52(72(67)75)47-28-17-30-50-58(47)44-59-48(53-33-21-43-68-73(53)76(3,4)63-38-14-16-41-66(63)79-68)29-18-31-51(59)69(50)57-34-19-39-64-70(57)55-26-9-11-35-60(55)77(64)61-36-12-10-27-56(61)71-49-24-7-5-22-45(49)46-23-6-8-25-54(46)74(71)77/h5-44H,1-4H3. The maximum atomic E-state index is 6.84. The number of hydrogen-bond donors (Lipinski definition) is 0. The molecule has 0 radical (unpaired) electrons. The first-order chi connectivity index (χ1) is 38.7. The molecule has 2 nitrogen and oxygen atoms in total. The van der Waals surface area contributed by atoms with Crippen molar-refractivity contribution in [1.29, 1.82) is 0 Å². The van der Waals surface area contributed by atoms with E-state index in [1.807, 2.05) is 0 Å². The summed E-state index contributed by atoms with van der Waals surface area (Å²) in [5, 5.41) is 9.96. The second-order valence-corrected chi connectivity index (χ2v) is 23.3. The first-order valence-electron chi connectivity index (χ1n) is 27.8. The quantitative estimate of drug-likeness (QED) is 0.130. The van der Waals surface area contributed by atoms with Gasteiger partial charge in [-0.25, -0.2) is 0 Å². The van der Waals surface area contributed by atoms with Gasteiger partial charge in [-0.1, -0.05) is 240 Å². The Kier molecular flexibility index (Phi) is 8.93. The van der Waals surface area contributed by atoms with Crippen molar-refractivity contribution in [2.45, 2.75) is 43.9 Å². The van der Waals surface area contributed by atoms with Crippen molar-refractivity contribution in [2.24, 2.45) is 0 Å². The van der Waals surface area contributed by atoms with Crippen molar-refractivity contribution in [3.05, 3.63) is 287 Å². The molecule has 2 heterocycles. The molecule has 1 spiro atoms. The van der Waals surface area contributed by atoms with E-state index in [0.717, 1.165) is 23.0 Å². The molecule has 4 aliphatic rings. The summed E-state index contributed by atoms with van der Waals surface area (Å²) in [5.41, 5.74) is 21.2. The van der Waals surface area contributed by atoms with Crippen molar-refractivity contribution >= 4 is 43.1 Å². The monoisotopic (exact) mass is 1010 g/mol. The fourth-order valence-electron chi connectivity index (χ4n) is 15.6. The maximum absolute atomic E-state index is 6.84. The van der Waals surface area contributed by atoms with Gasteiger partial charge in [0.1, 0.15) is 23.0 Å². The minimum atomic E-state index is -0.593. The van der Waals surface area contributed by atoms with E-state index in [0.29, 0.717) is 0 Å². The minimum absolute atomic E-state index is 0.347. The largest absolute Gasteiger partial charge is 0.457 e. The van der Waals surface area contributed by atoms with Crippen molar-refractivity contribution in [3.63, 3.8) is 0 Å². The van der Waals surface area contributed by atoms with Crippen LogP contribution in [0.25, 0.3) is 98.7 Å². The summed E-state index contributed by atoms with van der Waals surface area (Å²) < 4.78 is 13.7. The van der Waals surface area contributed by atoms with Gasteiger partial charge in [-0.2, -0.15) is 0 Å². The second kappa shape index (κ2) is 15.8. The summed E-state index contributed by atoms with van der Waals surface area (Å²) in [6.45, 7) is 9.42. The lowest BCUT2D eigenvalue weighted by atomic mass is 9.69. The highest BCUT2D eigenvalue weighted by Gasteiger charge is 2.54. The molecule has 0 N–H and O–H groups in total. The molecule has 0 saturated heterocycles. The van der Waals surface area contributed by atoms with E-state index in [2.05, 4.69) is 270 Å². The Morgan fingerprint density at radius 3 is 1.15 bits per heavy atom. The van der Waals surface area contributed by atoms with Gasteiger partial charge < -0.3 is 9.47 Å². The van der Waals surface area contributed by atoms with E-state index in [-0.39, 0.29) is 10.8 Å². The molecule has 0 saturated carbocycles. The molecule has 2 aliphatic heterocycles. The van der Waals surface area contributed by atoms with E-state index in [1.54, 1.807) is 0 Å². The molecule has 0 aromatic heterocycles. The molecule has 0 bridgehead atoms. The third kappa shape index (κ3) is 5.70. The molecule has 79 heavy (non-hydrogen) atoms. The Bertz CT molecular complexity index is 4690. The van der Waals surface area contributed by atoms with Gasteiger partial charge in [0.15, 0.2) is 0 Å². The SMILES string of the molecule is CC1(C)c2ccccc2Oc2cccc(-c3cccc4c(-c5cccc6c5-c5ccccc5C65c6ccccc6-c6c5c5ccccc5c5ccccc65)c5cccc(-c6cccc7c6C(C)(C)c6ccccc6O7)c5cc34)c21. The van der Waals surface area contributed by atoms with Crippen molar-refractivity contribution in [1.82, 2.24) is 0 Å². The second-order valence-electron chi connectivity index (χ2n) is 23.3. The molecular formula is C77H52O2. The Hall–Kier alpha value is -9.50. The summed E-state index contributed by atoms with van der Waals surface area (Å²) in [5.74, 6) is 3.63. The molecular weight excluding hydrogens is 957 g/mol. The zero-order valence-corrected chi connectivity index (χ0v) is 44.4. The highest BCUT2D eigenvalue weighted by molar-refractivity contribution is 6.23. The molecule has 0 amide bonds. The van der Waals surface area contributed by atoms with Gasteiger partial charge in [-0.05, 0) is 151 Å². The zero-order valence-electron chi connectivity index (χ0n) is 44.4. The first-order valence-corrected chi connectivity index (χ1v) is 27.8. The van der Waals surface area contributed by atoms with Crippen molar-refractivity contribution in [2.75, 3.05) is 0 Å². The lowest BCUT2D eigenvalue weighted by molar-refractivity contribution is 0.418. The number of hydrogen-bond acceptors (Lipinski definition) is 2. The van der Waals surface area contributed by atoms with Crippen LogP contribution in [0, 0.1) is 0 Å². The molecule has 1 unspecified atom stereocenters. The molecule has 372 valence electrons. The number of para-hydroxylation sites is 2.